The summed E-state index contributed by atoms with van der Waals surface area (Å²) in [4.78, 5) is 23.8. The van der Waals surface area contributed by atoms with Crippen LogP contribution < -0.4 is 10.2 Å². The number of nitrogens with zero attached hydrogens (tertiary/aromatic N) is 7. The van der Waals surface area contributed by atoms with Crippen molar-refractivity contribution in [3.05, 3.63) is 36.4 Å². The molecule has 9 nitrogen and oxygen atoms in total. The molecule has 188 valence electrons. The van der Waals surface area contributed by atoms with Crippen LogP contribution in [0.3, 0.4) is 0 Å². The van der Waals surface area contributed by atoms with Crippen molar-refractivity contribution in [2.75, 3.05) is 49.5 Å². The first-order chi connectivity index (χ1) is 17.1. The van der Waals surface area contributed by atoms with Crippen LogP contribution in [0.25, 0.3) is 11.2 Å². The fourth-order valence-corrected chi connectivity index (χ4v) is 5.58. The summed E-state index contributed by atoms with van der Waals surface area (Å²) in [7, 11) is 0. The Kier molecular flexibility index (Phi) is 7.43. The summed E-state index contributed by atoms with van der Waals surface area (Å²) < 4.78 is 2.12. The highest BCUT2D eigenvalue weighted by molar-refractivity contribution is 5.84. The van der Waals surface area contributed by atoms with Gasteiger partial charge in [-0.1, -0.05) is 6.07 Å². The van der Waals surface area contributed by atoms with E-state index in [0.29, 0.717) is 6.54 Å². The van der Waals surface area contributed by atoms with Crippen molar-refractivity contribution in [2.24, 2.45) is 11.8 Å². The number of fused-ring (bicyclic) bond motifs is 1. The van der Waals surface area contributed by atoms with E-state index in [0.717, 1.165) is 73.2 Å². The zero-order valence-electron chi connectivity index (χ0n) is 21.0. The zero-order chi connectivity index (χ0) is 24.2. The molecular formula is C26H38N8O. The van der Waals surface area contributed by atoms with Gasteiger partial charge in [-0.15, -0.1) is 0 Å². The van der Waals surface area contributed by atoms with Crippen LogP contribution in [-0.2, 0) is 6.54 Å². The van der Waals surface area contributed by atoms with Gasteiger partial charge < -0.3 is 24.8 Å². The van der Waals surface area contributed by atoms with E-state index in [2.05, 4.69) is 43.5 Å². The third-order valence-corrected chi connectivity index (χ3v) is 7.67. The second kappa shape index (κ2) is 10.9. The molecule has 9 heteroatoms. The number of rotatable bonds is 8. The van der Waals surface area contributed by atoms with Gasteiger partial charge in [-0.05, 0) is 76.6 Å². The lowest BCUT2D eigenvalue weighted by atomic mass is 9.79. The molecule has 2 saturated heterocycles. The number of likely N-dealkylation sites (tertiary alicyclic amines) is 1. The molecule has 5 heterocycles. The zero-order valence-corrected chi connectivity index (χ0v) is 21.0. The van der Waals surface area contributed by atoms with Gasteiger partial charge in [0.25, 0.3) is 0 Å². The van der Waals surface area contributed by atoms with Crippen molar-refractivity contribution < 1.29 is 5.11 Å². The third-order valence-electron chi connectivity index (χ3n) is 7.67. The van der Waals surface area contributed by atoms with Gasteiger partial charge in [0.2, 0.25) is 5.95 Å². The highest BCUT2D eigenvalue weighted by atomic mass is 16.3. The number of aromatic nitrogens is 5. The molecule has 2 N–H and O–H groups in total. The predicted molar refractivity (Wildman–Crippen MR) is 138 cm³/mol. The fraction of sp³-hybridized carbons (Fsp3) is 0.615. The number of aliphatic hydroxyl groups is 1. The molecule has 0 aromatic carbocycles. The Labute approximate surface area is 207 Å². The number of hydrogen-bond acceptors (Lipinski definition) is 8. The summed E-state index contributed by atoms with van der Waals surface area (Å²) in [5.74, 6) is 3.13. The van der Waals surface area contributed by atoms with Crippen LogP contribution in [-0.4, -0.2) is 73.8 Å². The molecule has 0 spiro atoms. The minimum atomic E-state index is 0.266. The Balaban J connectivity index is 1.30. The highest BCUT2D eigenvalue weighted by Gasteiger charge is 2.30. The summed E-state index contributed by atoms with van der Waals surface area (Å²) in [6, 6.07) is 6.21. The highest BCUT2D eigenvalue weighted by Crippen LogP contribution is 2.34. The van der Waals surface area contributed by atoms with E-state index < -0.39 is 0 Å². The summed E-state index contributed by atoms with van der Waals surface area (Å²) >= 11 is 0. The molecule has 0 bridgehead atoms. The van der Waals surface area contributed by atoms with Crippen molar-refractivity contribution in [3.8, 4) is 0 Å². The van der Waals surface area contributed by atoms with Gasteiger partial charge in [0.1, 0.15) is 0 Å². The Morgan fingerprint density at radius 2 is 1.74 bits per heavy atom. The smallest absolute Gasteiger partial charge is 0.229 e. The van der Waals surface area contributed by atoms with E-state index >= 15 is 0 Å². The quantitative estimate of drug-likeness (QED) is 0.509. The average Bonchev–Trinajstić information content (AvgIpc) is 3.33. The van der Waals surface area contributed by atoms with Crippen LogP contribution in [0.15, 0.2) is 30.7 Å². The number of piperidine rings is 2. The lowest BCUT2D eigenvalue weighted by Gasteiger charge is -2.40. The standard InChI is InChI=1S/C26H38N8O/c1-19(2)34-18-29-23-24(28-17-22-5-3-4-10-27-22)30-26(31-25(23)34)33-13-8-21(9-14-33)20-6-11-32(12-7-20)15-16-35/h3-5,10,18-21,35H,6-9,11-17H2,1-2H3,(H,28,30,31). The Bertz CT molecular complexity index is 1090. The van der Waals surface area contributed by atoms with Crippen LogP contribution in [0.1, 0.15) is 51.3 Å². The van der Waals surface area contributed by atoms with Crippen LogP contribution in [0.4, 0.5) is 11.8 Å². The van der Waals surface area contributed by atoms with E-state index in [4.69, 9.17) is 9.97 Å². The lowest BCUT2D eigenvalue weighted by molar-refractivity contribution is 0.115. The number of β-amino-alcohol motifs (C(OH)–C–C–N with tert-alkyl or cyclic N) is 1. The van der Waals surface area contributed by atoms with Crippen LogP contribution in [0.5, 0.6) is 0 Å². The molecule has 0 aliphatic carbocycles. The maximum absolute atomic E-state index is 9.21. The lowest BCUT2D eigenvalue weighted by Crippen LogP contribution is -2.42. The first-order valence-electron chi connectivity index (χ1n) is 13.1. The minimum Gasteiger partial charge on any atom is -0.395 e. The van der Waals surface area contributed by atoms with Crippen LogP contribution in [0.2, 0.25) is 0 Å². The largest absolute Gasteiger partial charge is 0.395 e. The molecule has 5 rings (SSSR count). The van der Waals surface area contributed by atoms with Crippen molar-refractivity contribution in [1.82, 2.24) is 29.4 Å². The van der Waals surface area contributed by atoms with Gasteiger partial charge in [0, 0.05) is 31.9 Å². The van der Waals surface area contributed by atoms with Gasteiger partial charge in [-0.3, -0.25) is 4.98 Å². The van der Waals surface area contributed by atoms with E-state index in [1.165, 1.54) is 25.7 Å². The van der Waals surface area contributed by atoms with E-state index in [1.54, 1.807) is 0 Å². The van der Waals surface area contributed by atoms with Gasteiger partial charge in [-0.25, -0.2) is 4.98 Å². The minimum absolute atomic E-state index is 0.266. The summed E-state index contributed by atoms with van der Waals surface area (Å²) in [5, 5.41) is 12.7. The Morgan fingerprint density at radius 3 is 2.40 bits per heavy atom. The second-order valence-electron chi connectivity index (χ2n) is 10.2. The van der Waals surface area contributed by atoms with Crippen molar-refractivity contribution >= 4 is 22.9 Å². The first-order valence-corrected chi connectivity index (χ1v) is 13.1. The molecule has 0 saturated carbocycles. The molecule has 2 aliphatic rings. The second-order valence-corrected chi connectivity index (χ2v) is 10.2. The molecule has 0 radical (unpaired) electrons. The number of hydrogen-bond donors (Lipinski definition) is 2. The van der Waals surface area contributed by atoms with Crippen LogP contribution in [0, 0.1) is 11.8 Å². The Morgan fingerprint density at radius 1 is 1.00 bits per heavy atom. The van der Waals surface area contributed by atoms with Crippen molar-refractivity contribution in [2.45, 2.75) is 52.1 Å². The molecule has 0 amide bonds. The van der Waals surface area contributed by atoms with Gasteiger partial charge in [0.15, 0.2) is 17.0 Å². The molecular weight excluding hydrogens is 440 g/mol. The number of imidazole rings is 1. The third kappa shape index (κ3) is 5.41. The van der Waals surface area contributed by atoms with Crippen molar-refractivity contribution in [1.29, 1.82) is 0 Å². The molecule has 35 heavy (non-hydrogen) atoms. The molecule has 3 aromatic heterocycles. The molecule has 2 fully saturated rings. The first kappa shape index (κ1) is 23.9. The number of nitrogens with one attached hydrogen (secondary N) is 1. The number of aliphatic hydroxyl groups excluding tert-OH is 1. The fourth-order valence-electron chi connectivity index (χ4n) is 5.58. The summed E-state index contributed by atoms with van der Waals surface area (Å²) in [6.45, 7) is 10.2. The van der Waals surface area contributed by atoms with Gasteiger partial charge >= 0.3 is 0 Å². The van der Waals surface area contributed by atoms with E-state index in [-0.39, 0.29) is 12.6 Å². The SMILES string of the molecule is CC(C)n1cnc2c(NCc3ccccn3)nc(N3CCC(C4CCN(CCO)CC4)CC3)nc21. The molecule has 0 unspecified atom stereocenters. The normalized spacial score (nSPS) is 18.6. The van der Waals surface area contributed by atoms with Crippen LogP contribution >= 0.6 is 0 Å². The summed E-state index contributed by atoms with van der Waals surface area (Å²) in [6.07, 6.45) is 8.56. The maximum Gasteiger partial charge on any atom is 0.229 e. The monoisotopic (exact) mass is 478 g/mol. The van der Waals surface area contributed by atoms with E-state index in [9.17, 15) is 5.11 Å². The molecule has 0 atom stereocenters. The predicted octanol–water partition coefficient (Wildman–Crippen LogP) is 3.34. The van der Waals surface area contributed by atoms with Crippen molar-refractivity contribution in [3.63, 3.8) is 0 Å². The number of pyridine rings is 1. The van der Waals surface area contributed by atoms with E-state index in [1.807, 2.05) is 30.7 Å². The number of anilines is 2. The maximum atomic E-state index is 9.21. The van der Waals surface area contributed by atoms with Gasteiger partial charge in [0.05, 0.1) is 25.2 Å². The molecule has 3 aromatic rings. The van der Waals surface area contributed by atoms with Gasteiger partial charge in [-0.2, -0.15) is 9.97 Å². The summed E-state index contributed by atoms with van der Waals surface area (Å²) in [5.41, 5.74) is 2.66. The average molecular weight is 479 g/mol. The molecule has 2 aliphatic heterocycles. The topological polar surface area (TPSA) is 95.2 Å². The Hall–Kier alpha value is -2.78.